The average molecular weight is 235 g/mol. The fourth-order valence-corrected chi connectivity index (χ4v) is 1.49. The Labute approximate surface area is 103 Å². The Morgan fingerprint density at radius 3 is 2.53 bits per heavy atom. The number of carbonyl (C=O) groups excluding carboxylic acids is 1. The highest BCUT2D eigenvalue weighted by molar-refractivity contribution is 5.83. The number of nitrogens with two attached hydrogens (primary N) is 1. The van der Waals surface area contributed by atoms with Gasteiger partial charge in [0.25, 0.3) is 0 Å². The van der Waals surface area contributed by atoms with Gasteiger partial charge in [-0.05, 0) is 24.5 Å². The van der Waals surface area contributed by atoms with Crippen LogP contribution in [-0.2, 0) is 4.79 Å². The van der Waals surface area contributed by atoms with E-state index in [1.165, 1.54) is 0 Å². The van der Waals surface area contributed by atoms with Gasteiger partial charge in [0.2, 0.25) is 0 Å². The smallest absolute Gasteiger partial charge is 0.149 e. The summed E-state index contributed by atoms with van der Waals surface area (Å²) in [4.78, 5) is 11.6. The summed E-state index contributed by atoms with van der Waals surface area (Å²) in [7, 11) is 0. The second kappa shape index (κ2) is 7.07. The van der Waals surface area contributed by atoms with Crippen LogP contribution in [0.2, 0.25) is 0 Å². The number of ether oxygens (including phenoxy) is 1. The van der Waals surface area contributed by atoms with Gasteiger partial charge in [-0.15, -0.1) is 0 Å². The van der Waals surface area contributed by atoms with E-state index in [1.807, 2.05) is 44.2 Å². The first-order valence-electron chi connectivity index (χ1n) is 6.07. The van der Waals surface area contributed by atoms with E-state index in [2.05, 4.69) is 0 Å². The van der Waals surface area contributed by atoms with E-state index in [9.17, 15) is 4.79 Å². The minimum Gasteiger partial charge on any atom is -0.494 e. The van der Waals surface area contributed by atoms with Gasteiger partial charge < -0.3 is 10.5 Å². The van der Waals surface area contributed by atoms with Crippen molar-refractivity contribution < 1.29 is 9.53 Å². The predicted molar refractivity (Wildman–Crippen MR) is 69.0 cm³/mol. The van der Waals surface area contributed by atoms with Gasteiger partial charge >= 0.3 is 0 Å². The van der Waals surface area contributed by atoms with Crippen molar-refractivity contribution in [1.82, 2.24) is 0 Å². The monoisotopic (exact) mass is 235 g/mol. The maximum atomic E-state index is 11.6. The lowest BCUT2D eigenvalue weighted by atomic mass is 9.98. The molecule has 2 N–H and O–H groups in total. The number of Topliss-reactive ketones (excluding diaryl/α,β-unsaturated/α-hetero) is 1. The molecular weight excluding hydrogens is 214 g/mol. The van der Waals surface area contributed by atoms with E-state index in [4.69, 9.17) is 10.5 Å². The second-order valence-corrected chi connectivity index (χ2v) is 4.50. The minimum atomic E-state index is -0.341. The molecule has 94 valence electrons. The molecule has 1 aromatic carbocycles. The number of rotatable bonds is 7. The largest absolute Gasteiger partial charge is 0.494 e. The van der Waals surface area contributed by atoms with Crippen molar-refractivity contribution >= 4 is 5.78 Å². The lowest BCUT2D eigenvalue weighted by Crippen LogP contribution is -2.35. The third-order valence-electron chi connectivity index (χ3n) is 2.67. The fraction of sp³-hybridized carbons (Fsp3) is 0.500. The van der Waals surface area contributed by atoms with Crippen molar-refractivity contribution in [2.75, 3.05) is 6.61 Å². The van der Waals surface area contributed by atoms with E-state index >= 15 is 0 Å². The molecule has 1 aromatic rings. The van der Waals surface area contributed by atoms with Gasteiger partial charge in [-0.1, -0.05) is 32.0 Å². The SMILES string of the molecule is CC(C)[C@@H](N)C(=O)CCCOc1ccccc1. The van der Waals surface area contributed by atoms with Crippen LogP contribution in [-0.4, -0.2) is 18.4 Å². The lowest BCUT2D eigenvalue weighted by molar-refractivity contribution is -0.121. The van der Waals surface area contributed by atoms with Gasteiger partial charge in [0.1, 0.15) is 11.5 Å². The third kappa shape index (κ3) is 5.00. The molecule has 0 radical (unpaired) electrons. The molecule has 3 heteroatoms. The van der Waals surface area contributed by atoms with Crippen LogP contribution in [0.5, 0.6) is 5.75 Å². The zero-order valence-corrected chi connectivity index (χ0v) is 10.6. The minimum absolute atomic E-state index is 0.122. The van der Waals surface area contributed by atoms with Crippen molar-refractivity contribution in [2.24, 2.45) is 11.7 Å². The summed E-state index contributed by atoms with van der Waals surface area (Å²) < 4.78 is 5.50. The molecule has 0 heterocycles. The van der Waals surface area contributed by atoms with Crippen LogP contribution in [0.3, 0.4) is 0 Å². The van der Waals surface area contributed by atoms with Crippen molar-refractivity contribution in [3.8, 4) is 5.75 Å². The zero-order valence-electron chi connectivity index (χ0n) is 10.6. The molecule has 0 amide bonds. The molecular formula is C14H21NO2. The first kappa shape index (κ1) is 13.7. The summed E-state index contributed by atoms with van der Waals surface area (Å²) in [6.07, 6.45) is 1.21. The van der Waals surface area contributed by atoms with Gasteiger partial charge in [0, 0.05) is 6.42 Å². The number of ketones is 1. The normalized spacial score (nSPS) is 12.5. The summed E-state index contributed by atoms with van der Waals surface area (Å²) in [5, 5.41) is 0. The van der Waals surface area contributed by atoms with Crippen LogP contribution in [0.1, 0.15) is 26.7 Å². The number of benzene rings is 1. The molecule has 0 unspecified atom stereocenters. The van der Waals surface area contributed by atoms with Gasteiger partial charge in [0.05, 0.1) is 12.6 Å². The molecule has 3 nitrogen and oxygen atoms in total. The van der Waals surface area contributed by atoms with Crippen molar-refractivity contribution in [1.29, 1.82) is 0 Å². The number of hydrogen-bond acceptors (Lipinski definition) is 3. The molecule has 1 rings (SSSR count). The summed E-state index contributed by atoms with van der Waals surface area (Å²) in [6.45, 7) is 4.48. The van der Waals surface area contributed by atoms with E-state index < -0.39 is 0 Å². The molecule has 1 atom stereocenters. The first-order valence-corrected chi connectivity index (χ1v) is 6.07. The third-order valence-corrected chi connectivity index (χ3v) is 2.67. The van der Waals surface area contributed by atoms with Crippen LogP contribution in [0, 0.1) is 5.92 Å². The Hall–Kier alpha value is -1.35. The van der Waals surface area contributed by atoms with E-state index in [1.54, 1.807) is 0 Å². The summed E-state index contributed by atoms with van der Waals surface area (Å²) in [5.41, 5.74) is 5.76. The fourth-order valence-electron chi connectivity index (χ4n) is 1.49. The molecule has 0 bridgehead atoms. The highest BCUT2D eigenvalue weighted by Crippen LogP contribution is 2.09. The van der Waals surface area contributed by atoms with Crippen LogP contribution in [0.15, 0.2) is 30.3 Å². The van der Waals surface area contributed by atoms with Crippen molar-refractivity contribution in [2.45, 2.75) is 32.7 Å². The molecule has 0 aliphatic rings. The molecule has 0 aliphatic carbocycles. The maximum absolute atomic E-state index is 11.6. The molecule has 0 aromatic heterocycles. The van der Waals surface area contributed by atoms with E-state index in [0.717, 1.165) is 5.75 Å². The van der Waals surface area contributed by atoms with Gasteiger partial charge in [-0.2, -0.15) is 0 Å². The van der Waals surface area contributed by atoms with Crippen molar-refractivity contribution in [3.05, 3.63) is 30.3 Å². The number of carbonyl (C=O) groups is 1. The maximum Gasteiger partial charge on any atom is 0.149 e. The average Bonchev–Trinajstić information content (AvgIpc) is 2.34. The summed E-state index contributed by atoms with van der Waals surface area (Å²) >= 11 is 0. The van der Waals surface area contributed by atoms with Crippen LogP contribution in [0.4, 0.5) is 0 Å². The van der Waals surface area contributed by atoms with Crippen LogP contribution >= 0.6 is 0 Å². The molecule has 0 saturated carbocycles. The van der Waals surface area contributed by atoms with Gasteiger partial charge in [-0.25, -0.2) is 0 Å². The van der Waals surface area contributed by atoms with E-state index in [0.29, 0.717) is 19.4 Å². The van der Waals surface area contributed by atoms with Crippen LogP contribution < -0.4 is 10.5 Å². The van der Waals surface area contributed by atoms with Crippen molar-refractivity contribution in [3.63, 3.8) is 0 Å². The Morgan fingerprint density at radius 2 is 1.94 bits per heavy atom. The first-order chi connectivity index (χ1) is 8.11. The molecule has 17 heavy (non-hydrogen) atoms. The van der Waals surface area contributed by atoms with Gasteiger partial charge in [-0.3, -0.25) is 4.79 Å². The number of hydrogen-bond donors (Lipinski definition) is 1. The Morgan fingerprint density at radius 1 is 1.29 bits per heavy atom. The second-order valence-electron chi connectivity index (χ2n) is 4.50. The number of para-hydroxylation sites is 1. The summed E-state index contributed by atoms with van der Waals surface area (Å²) in [6, 6.07) is 9.26. The van der Waals surface area contributed by atoms with Crippen LogP contribution in [0.25, 0.3) is 0 Å². The standard InChI is InChI=1S/C14H21NO2/c1-11(2)14(15)13(16)9-6-10-17-12-7-4-3-5-8-12/h3-5,7-8,11,14H,6,9-10,15H2,1-2H3/t14-/m1/s1. The quantitative estimate of drug-likeness (QED) is 0.738. The molecule has 0 fully saturated rings. The Balaban J connectivity index is 2.18. The Bertz CT molecular complexity index is 335. The lowest BCUT2D eigenvalue weighted by Gasteiger charge is -2.14. The Kier molecular flexibility index (Phi) is 5.70. The van der Waals surface area contributed by atoms with E-state index in [-0.39, 0.29) is 17.7 Å². The molecule has 0 spiro atoms. The molecule has 0 saturated heterocycles. The van der Waals surface area contributed by atoms with Gasteiger partial charge in [0.15, 0.2) is 0 Å². The zero-order chi connectivity index (χ0) is 12.7. The topological polar surface area (TPSA) is 52.3 Å². The molecule has 0 aliphatic heterocycles. The summed E-state index contributed by atoms with van der Waals surface area (Å²) in [5.74, 6) is 1.17. The highest BCUT2D eigenvalue weighted by Gasteiger charge is 2.16. The predicted octanol–water partition coefficient (Wildman–Crippen LogP) is 2.40. The highest BCUT2D eigenvalue weighted by atomic mass is 16.5.